The highest BCUT2D eigenvalue weighted by Gasteiger charge is 2.20. The van der Waals surface area contributed by atoms with Crippen LogP contribution in [0.15, 0.2) is 34.9 Å². The molecule has 1 aromatic carbocycles. The van der Waals surface area contributed by atoms with E-state index in [-0.39, 0.29) is 24.8 Å². The van der Waals surface area contributed by atoms with Crippen LogP contribution in [0.2, 0.25) is 5.02 Å². The summed E-state index contributed by atoms with van der Waals surface area (Å²) in [5.41, 5.74) is 0.966. The second-order valence-electron chi connectivity index (χ2n) is 5.49. The second-order valence-corrected chi connectivity index (χ2v) is 5.93. The quantitative estimate of drug-likeness (QED) is 0.872. The maximum Gasteiger partial charge on any atom is 0.209 e. The van der Waals surface area contributed by atoms with E-state index in [0.717, 1.165) is 36.8 Å². The van der Waals surface area contributed by atoms with Gasteiger partial charge in [-0.2, -0.15) is 0 Å². The molecule has 1 saturated heterocycles. The fourth-order valence-corrected chi connectivity index (χ4v) is 2.97. The van der Waals surface area contributed by atoms with Gasteiger partial charge in [-0.25, -0.2) is 4.98 Å². The van der Waals surface area contributed by atoms with E-state index < -0.39 is 0 Å². The van der Waals surface area contributed by atoms with Gasteiger partial charge in [0, 0.05) is 23.2 Å². The molecule has 1 N–H and O–H groups in total. The molecule has 7 heteroatoms. The van der Waals surface area contributed by atoms with Gasteiger partial charge in [0.05, 0.1) is 12.7 Å². The molecule has 1 aromatic heterocycles. The number of piperidine rings is 1. The first-order valence-corrected chi connectivity index (χ1v) is 7.72. The van der Waals surface area contributed by atoms with Crippen LogP contribution in [0.5, 0.6) is 0 Å². The zero-order valence-electron chi connectivity index (χ0n) is 13.0. The van der Waals surface area contributed by atoms with Crippen molar-refractivity contribution in [2.24, 2.45) is 0 Å². The van der Waals surface area contributed by atoms with Crippen molar-refractivity contribution in [1.82, 2.24) is 15.2 Å². The standard InChI is InChI=1S/C16H20ClN3O.2ClH/c1-18-14-6-3-7-20(10-14)11-16-19-9-15(21-16)12-4-2-5-13(17)8-12;;/h2,4-5,8-9,14,18H,3,6-7,10-11H2,1H3;2*1H. The van der Waals surface area contributed by atoms with Gasteiger partial charge in [0.1, 0.15) is 0 Å². The molecule has 0 amide bonds. The summed E-state index contributed by atoms with van der Waals surface area (Å²) in [6.45, 7) is 2.91. The maximum absolute atomic E-state index is 6.01. The van der Waals surface area contributed by atoms with Gasteiger partial charge in [-0.15, -0.1) is 24.8 Å². The Labute approximate surface area is 154 Å². The number of likely N-dealkylation sites (N-methyl/N-ethyl adjacent to an activating group) is 1. The molecule has 1 atom stereocenters. The number of nitrogens with one attached hydrogen (secondary N) is 1. The van der Waals surface area contributed by atoms with Crippen LogP contribution < -0.4 is 5.32 Å². The summed E-state index contributed by atoms with van der Waals surface area (Å²) in [6, 6.07) is 8.22. The summed E-state index contributed by atoms with van der Waals surface area (Å²) in [4.78, 5) is 6.78. The Morgan fingerprint density at radius 3 is 2.96 bits per heavy atom. The number of rotatable bonds is 4. The molecule has 1 aliphatic heterocycles. The third kappa shape index (κ3) is 5.37. The second kappa shape index (κ2) is 9.50. The van der Waals surface area contributed by atoms with Gasteiger partial charge < -0.3 is 9.73 Å². The molecular weight excluding hydrogens is 357 g/mol. The van der Waals surface area contributed by atoms with Crippen LogP contribution in [0.3, 0.4) is 0 Å². The van der Waals surface area contributed by atoms with Crippen molar-refractivity contribution < 1.29 is 4.42 Å². The number of benzene rings is 1. The molecule has 128 valence electrons. The summed E-state index contributed by atoms with van der Waals surface area (Å²) >= 11 is 6.01. The van der Waals surface area contributed by atoms with E-state index in [2.05, 4.69) is 15.2 Å². The Kier molecular flexibility index (Phi) is 8.37. The summed E-state index contributed by atoms with van der Waals surface area (Å²) in [6.07, 6.45) is 4.24. The van der Waals surface area contributed by atoms with E-state index in [1.54, 1.807) is 6.20 Å². The van der Waals surface area contributed by atoms with Crippen molar-refractivity contribution in [2.45, 2.75) is 25.4 Å². The van der Waals surface area contributed by atoms with E-state index in [0.29, 0.717) is 11.1 Å². The number of hydrogen-bond acceptors (Lipinski definition) is 4. The average Bonchev–Trinajstić information content (AvgIpc) is 2.96. The van der Waals surface area contributed by atoms with E-state index in [9.17, 15) is 0 Å². The van der Waals surface area contributed by atoms with E-state index in [1.165, 1.54) is 12.8 Å². The molecule has 0 bridgehead atoms. The number of aromatic nitrogens is 1. The van der Waals surface area contributed by atoms with Gasteiger partial charge in [-0.3, -0.25) is 4.90 Å². The fraction of sp³-hybridized carbons (Fsp3) is 0.438. The number of nitrogens with zero attached hydrogens (tertiary/aromatic N) is 2. The molecule has 0 aliphatic carbocycles. The molecule has 1 aliphatic rings. The molecule has 3 rings (SSSR count). The SMILES string of the molecule is CNC1CCCN(Cc2ncc(-c3cccc(Cl)c3)o2)C1.Cl.Cl. The lowest BCUT2D eigenvalue weighted by Gasteiger charge is -2.31. The van der Waals surface area contributed by atoms with Gasteiger partial charge in [0.15, 0.2) is 5.76 Å². The van der Waals surface area contributed by atoms with Crippen LogP contribution in [0, 0.1) is 0 Å². The monoisotopic (exact) mass is 377 g/mol. The minimum absolute atomic E-state index is 0. The van der Waals surface area contributed by atoms with E-state index in [4.69, 9.17) is 16.0 Å². The Morgan fingerprint density at radius 2 is 2.22 bits per heavy atom. The minimum atomic E-state index is 0. The number of likely N-dealkylation sites (tertiary alicyclic amines) is 1. The molecule has 1 fully saturated rings. The molecule has 0 spiro atoms. The van der Waals surface area contributed by atoms with Crippen LogP contribution in [0.1, 0.15) is 18.7 Å². The van der Waals surface area contributed by atoms with Crippen LogP contribution in [0.25, 0.3) is 11.3 Å². The van der Waals surface area contributed by atoms with Gasteiger partial charge >= 0.3 is 0 Å². The average molecular weight is 379 g/mol. The zero-order valence-corrected chi connectivity index (χ0v) is 15.4. The van der Waals surface area contributed by atoms with Gasteiger partial charge in [-0.05, 0) is 38.6 Å². The topological polar surface area (TPSA) is 41.3 Å². The summed E-state index contributed by atoms with van der Waals surface area (Å²) < 4.78 is 5.86. The lowest BCUT2D eigenvalue weighted by Crippen LogP contribution is -2.43. The molecule has 0 saturated carbocycles. The molecule has 0 radical (unpaired) electrons. The highest BCUT2D eigenvalue weighted by atomic mass is 35.5. The summed E-state index contributed by atoms with van der Waals surface area (Å²) in [7, 11) is 2.02. The number of oxazole rings is 1. The lowest BCUT2D eigenvalue weighted by atomic mass is 10.1. The highest BCUT2D eigenvalue weighted by Crippen LogP contribution is 2.24. The Hall–Kier alpha value is -0.780. The van der Waals surface area contributed by atoms with Crippen molar-refractivity contribution in [3.05, 3.63) is 41.4 Å². The van der Waals surface area contributed by atoms with Crippen LogP contribution >= 0.6 is 36.4 Å². The largest absolute Gasteiger partial charge is 0.439 e. The molecule has 1 unspecified atom stereocenters. The normalized spacial score (nSPS) is 18.1. The van der Waals surface area contributed by atoms with Gasteiger partial charge in [-0.1, -0.05) is 23.7 Å². The maximum atomic E-state index is 6.01. The predicted molar refractivity (Wildman–Crippen MR) is 98.8 cm³/mol. The third-order valence-electron chi connectivity index (χ3n) is 3.94. The van der Waals surface area contributed by atoms with E-state index in [1.807, 2.05) is 31.3 Å². The molecule has 4 nitrogen and oxygen atoms in total. The highest BCUT2D eigenvalue weighted by molar-refractivity contribution is 6.30. The Bertz CT molecular complexity index is 606. The number of halogens is 3. The van der Waals surface area contributed by atoms with Crippen molar-refractivity contribution in [3.8, 4) is 11.3 Å². The first kappa shape index (κ1) is 20.3. The fourth-order valence-electron chi connectivity index (χ4n) is 2.78. The first-order chi connectivity index (χ1) is 10.2. The van der Waals surface area contributed by atoms with Crippen molar-refractivity contribution in [1.29, 1.82) is 0 Å². The van der Waals surface area contributed by atoms with Crippen LogP contribution in [-0.2, 0) is 6.54 Å². The van der Waals surface area contributed by atoms with Crippen LogP contribution in [-0.4, -0.2) is 36.1 Å². The Morgan fingerprint density at radius 1 is 1.39 bits per heavy atom. The Balaban J connectivity index is 0.00000132. The first-order valence-electron chi connectivity index (χ1n) is 7.35. The molecular formula is C16H22Cl3N3O. The summed E-state index contributed by atoms with van der Waals surface area (Å²) in [5.74, 6) is 1.54. The van der Waals surface area contributed by atoms with Gasteiger partial charge in [0.25, 0.3) is 0 Å². The summed E-state index contributed by atoms with van der Waals surface area (Å²) in [5, 5.41) is 4.06. The van der Waals surface area contributed by atoms with Crippen LogP contribution in [0.4, 0.5) is 0 Å². The van der Waals surface area contributed by atoms with E-state index >= 15 is 0 Å². The minimum Gasteiger partial charge on any atom is -0.439 e. The third-order valence-corrected chi connectivity index (χ3v) is 4.17. The van der Waals surface area contributed by atoms with Crippen molar-refractivity contribution in [2.75, 3.05) is 20.1 Å². The molecule has 2 heterocycles. The molecule has 23 heavy (non-hydrogen) atoms. The smallest absolute Gasteiger partial charge is 0.209 e. The van der Waals surface area contributed by atoms with Crippen molar-refractivity contribution in [3.63, 3.8) is 0 Å². The van der Waals surface area contributed by atoms with Gasteiger partial charge in [0.2, 0.25) is 5.89 Å². The zero-order chi connectivity index (χ0) is 14.7. The lowest BCUT2D eigenvalue weighted by molar-refractivity contribution is 0.173. The predicted octanol–water partition coefficient (Wildman–Crippen LogP) is 4.02. The molecule has 2 aromatic rings. The number of hydrogen-bond donors (Lipinski definition) is 1. The van der Waals surface area contributed by atoms with Crippen molar-refractivity contribution >= 4 is 36.4 Å².